The molecule has 0 bridgehead atoms. The van der Waals surface area contributed by atoms with Crippen molar-refractivity contribution in [2.24, 2.45) is 10.9 Å². The van der Waals surface area contributed by atoms with Crippen LogP contribution >= 0.6 is 24.0 Å². The molecular formula is C19H33IN4O. The van der Waals surface area contributed by atoms with E-state index in [4.69, 9.17) is 4.74 Å². The van der Waals surface area contributed by atoms with E-state index in [1.165, 1.54) is 12.8 Å². The molecule has 2 N–H and O–H groups in total. The predicted molar refractivity (Wildman–Crippen MR) is 116 cm³/mol. The maximum atomic E-state index is 5.97. The number of nitrogens with zero attached hydrogens (tertiary/aromatic N) is 2. The van der Waals surface area contributed by atoms with Crippen LogP contribution in [0.2, 0.25) is 0 Å². The molecule has 0 radical (unpaired) electrons. The van der Waals surface area contributed by atoms with Gasteiger partial charge in [-0.1, -0.05) is 18.2 Å². The Morgan fingerprint density at radius 3 is 2.52 bits per heavy atom. The van der Waals surface area contributed by atoms with Crippen molar-refractivity contribution in [3.8, 4) is 5.75 Å². The van der Waals surface area contributed by atoms with Crippen molar-refractivity contribution >= 4 is 29.9 Å². The summed E-state index contributed by atoms with van der Waals surface area (Å²) in [4.78, 5) is 6.52. The summed E-state index contributed by atoms with van der Waals surface area (Å²) in [5, 5.41) is 6.78. The molecule has 0 unspecified atom stereocenters. The fraction of sp³-hybridized carbons (Fsp3) is 0.632. The van der Waals surface area contributed by atoms with Crippen LogP contribution in [-0.4, -0.2) is 50.7 Å². The molecule has 1 aliphatic rings. The number of nitrogens with one attached hydrogen (secondary N) is 2. The summed E-state index contributed by atoms with van der Waals surface area (Å²) in [5.41, 5.74) is 1.22. The van der Waals surface area contributed by atoms with E-state index < -0.39 is 0 Å². The lowest BCUT2D eigenvalue weighted by Gasteiger charge is -2.33. The van der Waals surface area contributed by atoms with Gasteiger partial charge in [0, 0.05) is 31.2 Å². The van der Waals surface area contributed by atoms with Crippen molar-refractivity contribution in [3.05, 3.63) is 29.8 Å². The van der Waals surface area contributed by atoms with E-state index in [2.05, 4.69) is 54.5 Å². The lowest BCUT2D eigenvalue weighted by Crippen LogP contribution is -2.50. The normalized spacial score (nSPS) is 14.9. The van der Waals surface area contributed by atoms with Crippen LogP contribution in [0.1, 0.15) is 32.3 Å². The van der Waals surface area contributed by atoms with Gasteiger partial charge in [0.1, 0.15) is 5.75 Å². The van der Waals surface area contributed by atoms with Gasteiger partial charge in [-0.3, -0.25) is 4.99 Å². The zero-order valence-electron chi connectivity index (χ0n) is 16.1. The number of para-hydroxylation sites is 1. The molecule has 1 fully saturated rings. The van der Waals surface area contributed by atoms with Crippen LogP contribution in [0.3, 0.4) is 0 Å². The molecule has 0 saturated heterocycles. The number of ether oxygens (including phenoxy) is 1. The van der Waals surface area contributed by atoms with E-state index in [0.29, 0.717) is 6.54 Å². The van der Waals surface area contributed by atoms with E-state index in [1.807, 2.05) is 18.2 Å². The molecule has 1 aromatic carbocycles. The van der Waals surface area contributed by atoms with Gasteiger partial charge in [0.25, 0.3) is 0 Å². The molecule has 1 aromatic rings. The zero-order valence-corrected chi connectivity index (χ0v) is 18.5. The molecule has 5 nitrogen and oxygen atoms in total. The van der Waals surface area contributed by atoms with Gasteiger partial charge in [0.15, 0.2) is 5.96 Å². The highest BCUT2D eigenvalue weighted by atomic mass is 127. The Kier molecular flexibility index (Phi) is 8.99. The minimum Gasteiger partial charge on any atom is -0.493 e. The van der Waals surface area contributed by atoms with Crippen molar-refractivity contribution < 1.29 is 4.74 Å². The number of likely N-dealkylation sites (N-methyl/N-ethyl adjacent to an activating group) is 1. The van der Waals surface area contributed by atoms with Crippen molar-refractivity contribution in [2.75, 3.05) is 34.3 Å². The Labute approximate surface area is 169 Å². The Bertz CT molecular complexity index is 556. The first-order chi connectivity index (χ1) is 11.4. The Morgan fingerprint density at radius 1 is 1.24 bits per heavy atom. The van der Waals surface area contributed by atoms with Crippen LogP contribution in [0.15, 0.2) is 29.3 Å². The summed E-state index contributed by atoms with van der Waals surface area (Å²) in [7, 11) is 5.98. The highest BCUT2D eigenvalue weighted by Crippen LogP contribution is 2.30. The van der Waals surface area contributed by atoms with Crippen LogP contribution in [0, 0.1) is 5.92 Å². The minimum atomic E-state index is 0. The van der Waals surface area contributed by atoms with Gasteiger partial charge in [-0.2, -0.15) is 0 Å². The van der Waals surface area contributed by atoms with E-state index in [0.717, 1.165) is 36.3 Å². The molecule has 0 amide bonds. The van der Waals surface area contributed by atoms with Crippen molar-refractivity contribution in [1.82, 2.24) is 15.5 Å². The van der Waals surface area contributed by atoms with Gasteiger partial charge < -0.3 is 20.3 Å². The fourth-order valence-electron chi connectivity index (χ4n) is 2.14. The van der Waals surface area contributed by atoms with Crippen molar-refractivity contribution in [2.45, 2.75) is 38.8 Å². The highest BCUT2D eigenvalue weighted by molar-refractivity contribution is 14.0. The molecule has 0 spiro atoms. The molecule has 142 valence electrons. The summed E-state index contributed by atoms with van der Waals surface area (Å²) in [6.07, 6.45) is 2.61. The second-order valence-electron chi connectivity index (χ2n) is 7.35. The first kappa shape index (κ1) is 22.0. The Morgan fingerprint density at radius 2 is 1.92 bits per heavy atom. The lowest BCUT2D eigenvalue weighted by atomic mass is 10.0. The number of rotatable bonds is 8. The maximum Gasteiger partial charge on any atom is 0.191 e. The van der Waals surface area contributed by atoms with Crippen molar-refractivity contribution in [1.29, 1.82) is 0 Å². The predicted octanol–water partition coefficient (Wildman–Crippen LogP) is 3.10. The molecule has 2 rings (SSSR count). The third-order valence-electron chi connectivity index (χ3n) is 4.71. The van der Waals surface area contributed by atoms with Gasteiger partial charge >= 0.3 is 0 Å². The Balaban J connectivity index is 0.00000312. The molecule has 1 saturated carbocycles. The van der Waals surface area contributed by atoms with Gasteiger partial charge in [-0.05, 0) is 52.8 Å². The topological polar surface area (TPSA) is 48.9 Å². The van der Waals surface area contributed by atoms with E-state index in [1.54, 1.807) is 7.05 Å². The molecule has 6 heteroatoms. The largest absolute Gasteiger partial charge is 0.493 e. The molecule has 25 heavy (non-hydrogen) atoms. The van der Waals surface area contributed by atoms with E-state index >= 15 is 0 Å². The molecule has 0 aliphatic heterocycles. The Hall–Kier alpha value is -1.02. The molecule has 0 atom stereocenters. The van der Waals surface area contributed by atoms with E-state index in [-0.39, 0.29) is 29.5 Å². The lowest BCUT2D eigenvalue weighted by molar-refractivity contribution is 0.197. The quantitative estimate of drug-likeness (QED) is 0.356. The fourth-order valence-corrected chi connectivity index (χ4v) is 2.14. The van der Waals surface area contributed by atoms with Gasteiger partial charge in [-0.25, -0.2) is 0 Å². The maximum absolute atomic E-state index is 5.97. The van der Waals surface area contributed by atoms with E-state index in [9.17, 15) is 0 Å². The number of aliphatic imine (C=N–C) groups is 1. The summed E-state index contributed by atoms with van der Waals surface area (Å²) >= 11 is 0. The second-order valence-corrected chi connectivity index (χ2v) is 7.35. The van der Waals surface area contributed by atoms with Crippen LogP contribution in [0.5, 0.6) is 5.75 Å². The zero-order chi connectivity index (χ0) is 17.6. The standard InChI is InChI=1S/C19H32N4O.HI/c1-19(2,23(4)5)14-22-18(20-3)21-12-16-8-6-7-9-17(16)24-13-15-10-11-15;/h6-9,15H,10-14H2,1-5H3,(H2,20,21,22);1H. The summed E-state index contributed by atoms with van der Waals surface area (Å²) < 4.78 is 5.97. The smallest absolute Gasteiger partial charge is 0.191 e. The van der Waals surface area contributed by atoms with Gasteiger partial charge in [-0.15, -0.1) is 24.0 Å². The molecule has 1 aliphatic carbocycles. The first-order valence-corrected chi connectivity index (χ1v) is 8.75. The monoisotopic (exact) mass is 460 g/mol. The summed E-state index contributed by atoms with van der Waals surface area (Å²) in [6, 6.07) is 8.22. The number of benzene rings is 1. The minimum absolute atomic E-state index is 0. The number of hydrogen-bond donors (Lipinski definition) is 2. The van der Waals surface area contributed by atoms with Gasteiger partial charge in [0.2, 0.25) is 0 Å². The first-order valence-electron chi connectivity index (χ1n) is 8.75. The number of halogens is 1. The molecular weight excluding hydrogens is 427 g/mol. The average molecular weight is 460 g/mol. The average Bonchev–Trinajstić information content (AvgIpc) is 3.38. The molecule has 0 heterocycles. The summed E-state index contributed by atoms with van der Waals surface area (Å²) in [5.74, 6) is 2.54. The summed E-state index contributed by atoms with van der Waals surface area (Å²) in [6.45, 7) is 6.76. The highest BCUT2D eigenvalue weighted by Gasteiger charge is 2.22. The van der Waals surface area contributed by atoms with Gasteiger partial charge in [0.05, 0.1) is 6.61 Å². The molecule has 0 aromatic heterocycles. The van der Waals surface area contributed by atoms with Crippen LogP contribution in [-0.2, 0) is 6.54 Å². The van der Waals surface area contributed by atoms with Crippen LogP contribution in [0.25, 0.3) is 0 Å². The third kappa shape index (κ3) is 7.40. The third-order valence-corrected chi connectivity index (χ3v) is 4.71. The van der Waals surface area contributed by atoms with Crippen LogP contribution in [0.4, 0.5) is 0 Å². The number of hydrogen-bond acceptors (Lipinski definition) is 3. The number of guanidine groups is 1. The second kappa shape index (κ2) is 10.2. The van der Waals surface area contributed by atoms with Crippen molar-refractivity contribution in [3.63, 3.8) is 0 Å². The van der Waals surface area contributed by atoms with Crippen LogP contribution < -0.4 is 15.4 Å². The SMILES string of the molecule is CN=C(NCc1ccccc1OCC1CC1)NCC(C)(C)N(C)C.I.